The second-order valence-corrected chi connectivity index (χ2v) is 11.3. The number of aryl methyl sites for hydroxylation is 1. The first kappa shape index (κ1) is 22.8. The highest BCUT2D eigenvalue weighted by atomic mass is 32.1. The van der Waals surface area contributed by atoms with Crippen LogP contribution in [0, 0.1) is 5.41 Å². The summed E-state index contributed by atoms with van der Waals surface area (Å²) >= 11 is 1.37. The summed E-state index contributed by atoms with van der Waals surface area (Å²) in [7, 11) is 0. The van der Waals surface area contributed by atoms with Gasteiger partial charge in [-0.25, -0.2) is 19.9 Å². The van der Waals surface area contributed by atoms with E-state index < -0.39 is 0 Å². The number of carbonyl (C=O) groups is 1. The molecule has 1 aliphatic carbocycles. The molecule has 1 amide bonds. The monoisotopic (exact) mass is 500 g/mol. The number of nitrogens with zero attached hydrogens (tertiary/aromatic N) is 5. The minimum absolute atomic E-state index is 0.141. The molecule has 184 valence electrons. The molecule has 0 saturated carbocycles. The van der Waals surface area contributed by atoms with Crippen molar-refractivity contribution in [2.75, 3.05) is 23.4 Å². The molecule has 0 bridgehead atoms. The standard InChI is InChI=1S/C27H28N6O2S/c1-16(34)31-26-32-22-11-18(13-28-25(22)36-26)17-4-5-23-19(10-17)14-33(8-9-35-23)24-20-12-27(2,3)7-6-21(20)29-15-30-24/h4-5,10-11,13,15H,6-9,12,14H2,1-3H3,(H,31,32,34). The van der Waals surface area contributed by atoms with Gasteiger partial charge in [-0.05, 0) is 48.4 Å². The highest BCUT2D eigenvalue weighted by Gasteiger charge is 2.30. The number of rotatable bonds is 3. The van der Waals surface area contributed by atoms with Crippen LogP contribution in [0.3, 0.4) is 0 Å². The van der Waals surface area contributed by atoms with Crippen molar-refractivity contribution in [2.24, 2.45) is 5.41 Å². The number of anilines is 2. The fraction of sp³-hybridized carbons (Fsp3) is 0.370. The smallest absolute Gasteiger partial charge is 0.223 e. The predicted molar refractivity (Wildman–Crippen MR) is 142 cm³/mol. The van der Waals surface area contributed by atoms with Crippen LogP contribution in [0.25, 0.3) is 21.5 Å². The Bertz CT molecular complexity index is 1480. The van der Waals surface area contributed by atoms with Crippen LogP contribution >= 0.6 is 11.3 Å². The third-order valence-electron chi connectivity index (χ3n) is 6.91. The molecule has 0 unspecified atom stereocenters. The van der Waals surface area contributed by atoms with Gasteiger partial charge in [0.05, 0.1) is 6.54 Å². The van der Waals surface area contributed by atoms with E-state index in [1.165, 1.54) is 29.5 Å². The third kappa shape index (κ3) is 4.39. The fourth-order valence-electron chi connectivity index (χ4n) is 5.07. The van der Waals surface area contributed by atoms with Gasteiger partial charge in [-0.2, -0.15) is 0 Å². The molecule has 36 heavy (non-hydrogen) atoms. The van der Waals surface area contributed by atoms with Crippen LogP contribution in [-0.4, -0.2) is 39.0 Å². The molecule has 1 aromatic carbocycles. The molecule has 2 aliphatic rings. The molecule has 9 heteroatoms. The Morgan fingerprint density at radius 3 is 2.92 bits per heavy atom. The van der Waals surface area contributed by atoms with Crippen LogP contribution in [0.4, 0.5) is 10.9 Å². The van der Waals surface area contributed by atoms with Crippen molar-refractivity contribution in [3.05, 3.63) is 53.6 Å². The molecule has 3 aromatic heterocycles. The minimum Gasteiger partial charge on any atom is -0.491 e. The van der Waals surface area contributed by atoms with Crippen molar-refractivity contribution in [1.82, 2.24) is 19.9 Å². The number of thiazole rings is 1. The Kier molecular flexibility index (Phi) is 5.59. The topological polar surface area (TPSA) is 93.1 Å². The molecule has 0 atom stereocenters. The lowest BCUT2D eigenvalue weighted by Gasteiger charge is -2.33. The number of pyridine rings is 1. The van der Waals surface area contributed by atoms with Gasteiger partial charge in [0, 0.05) is 42.0 Å². The molecular weight excluding hydrogens is 472 g/mol. The number of benzene rings is 1. The number of ether oxygens (including phenoxy) is 1. The van der Waals surface area contributed by atoms with E-state index in [0.29, 0.717) is 18.3 Å². The van der Waals surface area contributed by atoms with Crippen molar-refractivity contribution in [3.63, 3.8) is 0 Å². The number of hydrogen-bond donors (Lipinski definition) is 1. The average molecular weight is 501 g/mol. The second-order valence-electron chi connectivity index (χ2n) is 10.3. The fourth-order valence-corrected chi connectivity index (χ4v) is 5.91. The van der Waals surface area contributed by atoms with Crippen molar-refractivity contribution >= 4 is 38.5 Å². The van der Waals surface area contributed by atoms with Crippen LogP contribution in [0.5, 0.6) is 5.75 Å². The number of nitrogens with one attached hydrogen (secondary N) is 1. The molecule has 4 heterocycles. The first-order chi connectivity index (χ1) is 17.3. The van der Waals surface area contributed by atoms with E-state index in [0.717, 1.165) is 64.4 Å². The molecule has 1 aliphatic heterocycles. The Morgan fingerprint density at radius 2 is 2.06 bits per heavy atom. The molecule has 8 nitrogen and oxygen atoms in total. The zero-order valence-electron chi connectivity index (χ0n) is 20.7. The molecule has 0 fully saturated rings. The maximum Gasteiger partial charge on any atom is 0.223 e. The normalized spacial score (nSPS) is 16.6. The summed E-state index contributed by atoms with van der Waals surface area (Å²) in [5.41, 5.74) is 6.62. The zero-order valence-corrected chi connectivity index (χ0v) is 21.5. The lowest BCUT2D eigenvalue weighted by molar-refractivity contribution is -0.114. The van der Waals surface area contributed by atoms with Crippen LogP contribution in [0.2, 0.25) is 0 Å². The number of hydrogen-bond acceptors (Lipinski definition) is 8. The van der Waals surface area contributed by atoms with Crippen LogP contribution in [-0.2, 0) is 24.2 Å². The van der Waals surface area contributed by atoms with Gasteiger partial charge < -0.3 is 15.0 Å². The van der Waals surface area contributed by atoms with E-state index in [4.69, 9.17) is 9.72 Å². The number of aromatic nitrogens is 4. The molecule has 4 aromatic rings. The van der Waals surface area contributed by atoms with Gasteiger partial charge in [-0.1, -0.05) is 31.3 Å². The predicted octanol–water partition coefficient (Wildman–Crippen LogP) is 5.02. The summed E-state index contributed by atoms with van der Waals surface area (Å²) in [6.45, 7) is 8.22. The van der Waals surface area contributed by atoms with Gasteiger partial charge in [0.1, 0.15) is 34.8 Å². The van der Waals surface area contributed by atoms with Gasteiger partial charge in [-0.15, -0.1) is 0 Å². The van der Waals surface area contributed by atoms with Crippen molar-refractivity contribution in [2.45, 2.75) is 46.6 Å². The summed E-state index contributed by atoms with van der Waals surface area (Å²) in [6, 6.07) is 8.30. The lowest BCUT2D eigenvalue weighted by atomic mass is 9.76. The highest BCUT2D eigenvalue weighted by Crippen LogP contribution is 2.39. The summed E-state index contributed by atoms with van der Waals surface area (Å²) < 4.78 is 6.14. The summed E-state index contributed by atoms with van der Waals surface area (Å²) in [6.07, 6.45) is 6.70. The SMILES string of the molecule is CC(=O)Nc1nc2cc(-c3ccc4c(c3)CN(c3ncnc5c3CC(C)(C)CC5)CCO4)cnc2s1. The maximum absolute atomic E-state index is 11.4. The number of amides is 1. The van der Waals surface area contributed by atoms with Gasteiger partial charge in [0.25, 0.3) is 0 Å². The molecule has 0 saturated heterocycles. The van der Waals surface area contributed by atoms with Crippen LogP contribution < -0.4 is 15.0 Å². The Morgan fingerprint density at radius 1 is 1.17 bits per heavy atom. The Hall–Kier alpha value is -3.59. The van der Waals surface area contributed by atoms with E-state index in [1.54, 1.807) is 6.33 Å². The minimum atomic E-state index is -0.141. The van der Waals surface area contributed by atoms with Gasteiger partial charge in [-0.3, -0.25) is 4.79 Å². The van der Waals surface area contributed by atoms with E-state index >= 15 is 0 Å². The average Bonchev–Trinajstić information content (AvgIpc) is 3.11. The lowest BCUT2D eigenvalue weighted by Crippen LogP contribution is -2.31. The zero-order chi connectivity index (χ0) is 24.9. The molecular formula is C27H28N6O2S. The largest absolute Gasteiger partial charge is 0.491 e. The summed E-state index contributed by atoms with van der Waals surface area (Å²) in [5, 5.41) is 3.30. The molecule has 6 rings (SSSR count). The molecule has 1 N–H and O–H groups in total. The first-order valence-corrected chi connectivity index (χ1v) is 13.0. The van der Waals surface area contributed by atoms with E-state index in [1.807, 2.05) is 18.3 Å². The number of fused-ring (bicyclic) bond motifs is 3. The van der Waals surface area contributed by atoms with Gasteiger partial charge in [0.2, 0.25) is 5.91 Å². The number of carbonyl (C=O) groups excluding carboxylic acids is 1. The van der Waals surface area contributed by atoms with Gasteiger partial charge >= 0.3 is 0 Å². The van der Waals surface area contributed by atoms with Crippen LogP contribution in [0.1, 0.15) is 44.0 Å². The Labute approximate surface area is 213 Å². The summed E-state index contributed by atoms with van der Waals surface area (Å²) in [4.78, 5) is 33.0. The van der Waals surface area contributed by atoms with Crippen molar-refractivity contribution in [1.29, 1.82) is 0 Å². The second kappa shape index (κ2) is 8.81. The van der Waals surface area contributed by atoms with Crippen molar-refractivity contribution in [3.8, 4) is 16.9 Å². The summed E-state index contributed by atoms with van der Waals surface area (Å²) in [5.74, 6) is 1.80. The molecule has 0 radical (unpaired) electrons. The van der Waals surface area contributed by atoms with Gasteiger partial charge in [0.15, 0.2) is 5.13 Å². The van der Waals surface area contributed by atoms with Crippen molar-refractivity contribution < 1.29 is 9.53 Å². The van der Waals surface area contributed by atoms with Crippen LogP contribution in [0.15, 0.2) is 36.8 Å². The van der Waals surface area contributed by atoms with E-state index in [-0.39, 0.29) is 11.3 Å². The third-order valence-corrected chi connectivity index (χ3v) is 7.80. The quantitative estimate of drug-likeness (QED) is 0.422. The first-order valence-electron chi connectivity index (χ1n) is 12.2. The maximum atomic E-state index is 11.4. The van der Waals surface area contributed by atoms with E-state index in [2.05, 4.69) is 51.1 Å². The Balaban J connectivity index is 1.33. The molecule has 0 spiro atoms. The van der Waals surface area contributed by atoms with E-state index in [9.17, 15) is 4.79 Å². The highest BCUT2D eigenvalue weighted by molar-refractivity contribution is 7.21.